The SMILES string of the molecule is CCCCCCc1cc([Si](C)(C)c2ccccc2)oc1-c1ccc([N+](=O)[O-])cc1. The summed E-state index contributed by atoms with van der Waals surface area (Å²) in [5.41, 5.74) is 2.22. The molecule has 29 heavy (non-hydrogen) atoms. The van der Waals surface area contributed by atoms with Crippen molar-refractivity contribution in [1.82, 2.24) is 0 Å². The van der Waals surface area contributed by atoms with Crippen molar-refractivity contribution in [2.24, 2.45) is 0 Å². The molecule has 0 unspecified atom stereocenters. The third-order valence-corrected chi connectivity index (χ3v) is 8.82. The van der Waals surface area contributed by atoms with E-state index < -0.39 is 8.07 Å². The number of nitro benzene ring substituents is 1. The zero-order chi connectivity index (χ0) is 20.9. The van der Waals surface area contributed by atoms with Gasteiger partial charge in [-0.1, -0.05) is 74.8 Å². The van der Waals surface area contributed by atoms with Crippen LogP contribution in [0.5, 0.6) is 0 Å². The normalized spacial score (nSPS) is 11.6. The highest BCUT2D eigenvalue weighted by molar-refractivity contribution is 6.99. The lowest BCUT2D eigenvalue weighted by atomic mass is 10.0. The number of hydrogen-bond donors (Lipinski definition) is 0. The van der Waals surface area contributed by atoms with Gasteiger partial charge in [-0.15, -0.1) is 0 Å². The first-order valence-electron chi connectivity index (χ1n) is 10.4. The lowest BCUT2D eigenvalue weighted by molar-refractivity contribution is -0.384. The van der Waals surface area contributed by atoms with Crippen LogP contribution < -0.4 is 10.6 Å². The van der Waals surface area contributed by atoms with Gasteiger partial charge in [0.25, 0.3) is 5.69 Å². The Hall–Kier alpha value is -2.66. The van der Waals surface area contributed by atoms with Gasteiger partial charge in [0, 0.05) is 17.7 Å². The van der Waals surface area contributed by atoms with Crippen LogP contribution in [0, 0.1) is 10.1 Å². The van der Waals surface area contributed by atoms with Gasteiger partial charge < -0.3 is 4.42 Å². The molecule has 0 spiro atoms. The second-order valence-corrected chi connectivity index (χ2v) is 12.4. The average molecular weight is 408 g/mol. The molecule has 0 fully saturated rings. The highest BCUT2D eigenvalue weighted by Gasteiger charge is 2.31. The number of non-ortho nitro benzene ring substituents is 1. The van der Waals surface area contributed by atoms with Crippen molar-refractivity contribution in [3.63, 3.8) is 0 Å². The van der Waals surface area contributed by atoms with Crippen LogP contribution in [-0.4, -0.2) is 13.0 Å². The monoisotopic (exact) mass is 407 g/mol. The summed E-state index contributed by atoms with van der Waals surface area (Å²) in [7, 11) is -1.96. The van der Waals surface area contributed by atoms with Gasteiger partial charge in [0.05, 0.1) is 10.3 Å². The molecular weight excluding hydrogens is 378 g/mol. The number of aryl methyl sites for hydroxylation is 1. The van der Waals surface area contributed by atoms with Gasteiger partial charge >= 0.3 is 0 Å². The minimum Gasteiger partial charge on any atom is -0.466 e. The quantitative estimate of drug-likeness (QED) is 0.195. The maximum atomic E-state index is 11.0. The van der Waals surface area contributed by atoms with Crippen molar-refractivity contribution in [2.45, 2.75) is 52.1 Å². The topological polar surface area (TPSA) is 56.3 Å². The Balaban J connectivity index is 1.98. The molecule has 0 amide bonds. The minimum absolute atomic E-state index is 0.101. The van der Waals surface area contributed by atoms with Gasteiger partial charge in [-0.3, -0.25) is 10.1 Å². The number of unbranched alkanes of at least 4 members (excludes halogenated alkanes) is 3. The van der Waals surface area contributed by atoms with Crippen molar-refractivity contribution in [1.29, 1.82) is 0 Å². The molecule has 3 aromatic rings. The van der Waals surface area contributed by atoms with Crippen LogP contribution in [0.3, 0.4) is 0 Å². The smallest absolute Gasteiger partial charge is 0.269 e. The summed E-state index contributed by atoms with van der Waals surface area (Å²) < 4.78 is 6.47. The lowest BCUT2D eigenvalue weighted by Crippen LogP contribution is -2.52. The van der Waals surface area contributed by atoms with E-state index >= 15 is 0 Å². The van der Waals surface area contributed by atoms with Gasteiger partial charge in [0.1, 0.15) is 5.76 Å². The highest BCUT2D eigenvalue weighted by atomic mass is 28.3. The molecule has 0 atom stereocenters. The van der Waals surface area contributed by atoms with Crippen LogP contribution in [-0.2, 0) is 6.42 Å². The van der Waals surface area contributed by atoms with E-state index in [9.17, 15) is 10.1 Å². The second-order valence-electron chi connectivity index (χ2n) is 8.07. The van der Waals surface area contributed by atoms with E-state index in [1.807, 2.05) is 6.07 Å². The van der Waals surface area contributed by atoms with Crippen LogP contribution >= 0.6 is 0 Å². The maximum Gasteiger partial charge on any atom is 0.269 e. The molecule has 0 N–H and O–H groups in total. The largest absolute Gasteiger partial charge is 0.466 e. The van der Waals surface area contributed by atoms with Crippen molar-refractivity contribution < 1.29 is 9.34 Å². The third-order valence-electron chi connectivity index (χ3n) is 5.56. The Kier molecular flexibility index (Phi) is 6.70. The summed E-state index contributed by atoms with van der Waals surface area (Å²) in [5.74, 6) is 0.864. The van der Waals surface area contributed by atoms with Crippen LogP contribution in [0.15, 0.2) is 65.1 Å². The van der Waals surface area contributed by atoms with Crippen molar-refractivity contribution in [3.8, 4) is 11.3 Å². The molecule has 3 rings (SSSR count). The van der Waals surface area contributed by atoms with Crippen molar-refractivity contribution >= 4 is 24.3 Å². The molecule has 0 bridgehead atoms. The first-order valence-corrected chi connectivity index (χ1v) is 13.4. The predicted octanol–water partition coefficient (Wildman–Crippen LogP) is 5.80. The number of furan rings is 1. The highest BCUT2D eigenvalue weighted by Crippen LogP contribution is 2.28. The summed E-state index contributed by atoms with van der Waals surface area (Å²) in [4.78, 5) is 10.6. The Morgan fingerprint density at radius 1 is 0.966 bits per heavy atom. The van der Waals surface area contributed by atoms with E-state index in [1.54, 1.807) is 24.3 Å². The zero-order valence-corrected chi connectivity index (χ0v) is 18.5. The number of rotatable bonds is 9. The molecule has 0 aliphatic carbocycles. The molecule has 0 aliphatic rings. The second kappa shape index (κ2) is 9.22. The third kappa shape index (κ3) is 4.85. The van der Waals surface area contributed by atoms with Crippen LogP contribution in [0.4, 0.5) is 5.69 Å². The average Bonchev–Trinajstić information content (AvgIpc) is 3.17. The molecule has 4 nitrogen and oxygen atoms in total. The van der Waals surface area contributed by atoms with E-state index in [2.05, 4.69) is 50.3 Å². The maximum absolute atomic E-state index is 11.0. The molecule has 0 radical (unpaired) electrons. The molecule has 1 heterocycles. The first kappa shape index (κ1) is 21.1. The fraction of sp³-hybridized carbons (Fsp3) is 0.333. The number of nitrogens with zero attached hydrogens (tertiary/aromatic N) is 1. The Bertz CT molecular complexity index is 946. The number of benzene rings is 2. The van der Waals surface area contributed by atoms with Gasteiger partial charge in [-0.2, -0.15) is 0 Å². The molecular formula is C24H29NO3Si. The van der Waals surface area contributed by atoms with Crippen LogP contribution in [0.25, 0.3) is 11.3 Å². The van der Waals surface area contributed by atoms with Crippen molar-refractivity contribution in [2.75, 3.05) is 0 Å². The summed E-state index contributed by atoms with van der Waals surface area (Å²) >= 11 is 0. The summed E-state index contributed by atoms with van der Waals surface area (Å²) in [6.45, 7) is 6.83. The van der Waals surface area contributed by atoms with Crippen LogP contribution in [0.2, 0.25) is 13.1 Å². The van der Waals surface area contributed by atoms with E-state index in [4.69, 9.17) is 4.42 Å². The van der Waals surface area contributed by atoms with Crippen molar-refractivity contribution in [3.05, 3.63) is 76.3 Å². The van der Waals surface area contributed by atoms with Gasteiger partial charge in [0.2, 0.25) is 0 Å². The predicted molar refractivity (Wildman–Crippen MR) is 122 cm³/mol. The fourth-order valence-electron chi connectivity index (χ4n) is 3.64. The molecule has 152 valence electrons. The molecule has 0 saturated carbocycles. The Labute approximate surface area is 173 Å². The Morgan fingerprint density at radius 2 is 1.66 bits per heavy atom. The zero-order valence-electron chi connectivity index (χ0n) is 17.5. The molecule has 0 saturated heterocycles. The van der Waals surface area contributed by atoms with Gasteiger partial charge in [-0.05, 0) is 36.6 Å². The summed E-state index contributed by atoms with van der Waals surface area (Å²) in [5, 5.41) is 13.4. The molecule has 0 aliphatic heterocycles. The summed E-state index contributed by atoms with van der Waals surface area (Å²) in [6.07, 6.45) is 5.74. The summed E-state index contributed by atoms with van der Waals surface area (Å²) in [6, 6.07) is 19.5. The van der Waals surface area contributed by atoms with E-state index in [-0.39, 0.29) is 10.6 Å². The van der Waals surface area contributed by atoms with Gasteiger partial charge in [-0.25, -0.2) is 0 Å². The van der Waals surface area contributed by atoms with Gasteiger partial charge in [0.15, 0.2) is 8.07 Å². The standard InChI is InChI=1S/C24H29NO3Si/c1-4-5-6-8-11-20-18-23(29(2,3)22-12-9-7-10-13-22)28-24(20)19-14-16-21(17-15-19)25(26)27/h7,9-10,12-18H,4-6,8,11H2,1-3H3. The molecule has 2 aromatic carbocycles. The fourth-order valence-corrected chi connectivity index (χ4v) is 5.84. The van der Waals surface area contributed by atoms with E-state index in [0.29, 0.717) is 0 Å². The first-order chi connectivity index (χ1) is 13.9. The van der Waals surface area contributed by atoms with E-state index in [1.165, 1.54) is 30.0 Å². The minimum atomic E-state index is -1.96. The molecule has 1 aromatic heterocycles. The Morgan fingerprint density at radius 3 is 2.28 bits per heavy atom. The van der Waals surface area contributed by atoms with E-state index in [0.717, 1.165) is 29.5 Å². The lowest BCUT2D eigenvalue weighted by Gasteiger charge is -2.19. The van der Waals surface area contributed by atoms with Crippen LogP contribution in [0.1, 0.15) is 38.2 Å². The number of nitro groups is 1. The molecule has 5 heteroatoms. The number of hydrogen-bond acceptors (Lipinski definition) is 3.